The topological polar surface area (TPSA) is 101 Å². The Balaban J connectivity index is 1.95. The summed E-state index contributed by atoms with van der Waals surface area (Å²) in [6.45, 7) is 2.70. The molecule has 0 saturated carbocycles. The van der Waals surface area contributed by atoms with E-state index in [2.05, 4.69) is 6.07 Å². The van der Waals surface area contributed by atoms with Gasteiger partial charge >= 0.3 is 0 Å². The van der Waals surface area contributed by atoms with E-state index in [1.165, 1.54) is 12.0 Å². The minimum atomic E-state index is -0.515. The molecule has 0 radical (unpaired) electrons. The maximum atomic E-state index is 13.3. The number of carbonyl (C=O) groups excluding carboxylic acids is 2. The van der Waals surface area contributed by atoms with E-state index in [4.69, 9.17) is 18.9 Å². The lowest BCUT2D eigenvalue weighted by Gasteiger charge is -2.38. The minimum Gasteiger partial charge on any atom is -0.491 e. The lowest BCUT2D eigenvalue weighted by molar-refractivity contribution is -0.154. The van der Waals surface area contributed by atoms with Crippen LogP contribution in [0, 0.1) is 17.2 Å². The first-order valence-corrected chi connectivity index (χ1v) is 11.7. The molecule has 9 heteroatoms. The largest absolute Gasteiger partial charge is 0.491 e. The Kier molecular flexibility index (Phi) is 8.89. The second-order valence-corrected chi connectivity index (χ2v) is 9.05. The van der Waals surface area contributed by atoms with Gasteiger partial charge in [-0.2, -0.15) is 5.26 Å². The molecule has 9 nitrogen and oxygen atoms in total. The van der Waals surface area contributed by atoms with Crippen LogP contribution in [0.25, 0.3) is 0 Å². The molecule has 2 bridgehead atoms. The number of ether oxygens (including phenoxy) is 4. The highest BCUT2D eigenvalue weighted by Gasteiger charge is 2.36. The molecule has 1 saturated heterocycles. The zero-order valence-electron chi connectivity index (χ0n) is 20.7. The molecular formula is C25H35N3O6. The van der Waals surface area contributed by atoms with Crippen molar-refractivity contribution in [3.05, 3.63) is 29.3 Å². The van der Waals surface area contributed by atoms with E-state index < -0.39 is 12.0 Å². The van der Waals surface area contributed by atoms with Crippen molar-refractivity contribution in [1.29, 1.82) is 5.26 Å². The molecule has 2 amide bonds. The van der Waals surface area contributed by atoms with E-state index in [1.54, 1.807) is 51.2 Å². The summed E-state index contributed by atoms with van der Waals surface area (Å²) in [4.78, 5) is 29.7. The van der Waals surface area contributed by atoms with E-state index in [-0.39, 0.29) is 42.4 Å². The van der Waals surface area contributed by atoms with Crippen LogP contribution in [0.4, 0.5) is 0 Å². The fourth-order valence-electron chi connectivity index (χ4n) is 4.68. The summed E-state index contributed by atoms with van der Waals surface area (Å²) in [5.41, 5.74) is 0.609. The second-order valence-electron chi connectivity index (χ2n) is 9.05. The SMILES string of the molecule is CO[C@H]1CC[C@@H]2CCOc3c(C#N)cccc3C(=O)N(C)C[C@@H](OC)[C@H](C)C(=O)N(C)C[C@H]1O2. The van der Waals surface area contributed by atoms with Gasteiger partial charge in [0.15, 0.2) is 0 Å². The van der Waals surface area contributed by atoms with Crippen LogP contribution >= 0.6 is 0 Å². The van der Waals surface area contributed by atoms with Crippen LogP contribution in [0.3, 0.4) is 0 Å². The molecule has 0 spiro atoms. The van der Waals surface area contributed by atoms with Gasteiger partial charge in [-0.15, -0.1) is 0 Å². The van der Waals surface area contributed by atoms with Crippen molar-refractivity contribution < 1.29 is 28.5 Å². The maximum absolute atomic E-state index is 13.3. The molecule has 2 aliphatic rings. The molecule has 1 aromatic carbocycles. The summed E-state index contributed by atoms with van der Waals surface area (Å²) < 4.78 is 23.6. The lowest BCUT2D eigenvalue weighted by Crippen LogP contribution is -2.50. The van der Waals surface area contributed by atoms with Gasteiger partial charge in [0.2, 0.25) is 5.91 Å². The van der Waals surface area contributed by atoms with Gasteiger partial charge < -0.3 is 28.7 Å². The molecule has 0 aliphatic carbocycles. The highest BCUT2D eigenvalue weighted by Crippen LogP contribution is 2.28. The predicted molar refractivity (Wildman–Crippen MR) is 125 cm³/mol. The lowest BCUT2D eigenvalue weighted by atomic mass is 9.97. The van der Waals surface area contributed by atoms with Crippen LogP contribution < -0.4 is 4.74 Å². The monoisotopic (exact) mass is 473 g/mol. The minimum absolute atomic E-state index is 0.0759. The van der Waals surface area contributed by atoms with Gasteiger partial charge in [-0.3, -0.25) is 9.59 Å². The first kappa shape index (κ1) is 25.9. The van der Waals surface area contributed by atoms with Crippen molar-refractivity contribution >= 4 is 11.8 Å². The zero-order chi connectivity index (χ0) is 24.8. The summed E-state index contributed by atoms with van der Waals surface area (Å²) in [6, 6.07) is 7.07. The number of methoxy groups -OCH3 is 2. The fraction of sp³-hybridized carbons (Fsp3) is 0.640. The Morgan fingerprint density at radius 1 is 1.03 bits per heavy atom. The van der Waals surface area contributed by atoms with Gasteiger partial charge in [0.25, 0.3) is 5.91 Å². The van der Waals surface area contributed by atoms with Crippen LogP contribution in [-0.2, 0) is 19.0 Å². The number of amides is 2. The standard InChI is InChI=1S/C25H35N3O6/c1-16-21(32-5)14-28(3)25(30)19-8-6-7-17(13-26)23(19)33-12-11-18-9-10-20(31-4)22(34-18)15-27(2)24(16)29/h6-8,16,18,20-22H,9-12,14-15H2,1-5H3/t16-,18+,20-,21+,22+/m0/s1. The van der Waals surface area contributed by atoms with Crippen molar-refractivity contribution in [1.82, 2.24) is 9.80 Å². The highest BCUT2D eigenvalue weighted by molar-refractivity contribution is 5.97. The number of hydrogen-bond acceptors (Lipinski definition) is 7. The molecule has 186 valence electrons. The van der Waals surface area contributed by atoms with E-state index in [1.807, 2.05) is 0 Å². The Morgan fingerprint density at radius 3 is 2.44 bits per heavy atom. The highest BCUT2D eigenvalue weighted by atomic mass is 16.5. The van der Waals surface area contributed by atoms with Gasteiger partial charge in [0.05, 0.1) is 42.0 Å². The average Bonchev–Trinajstić information content (AvgIpc) is 2.85. The molecule has 34 heavy (non-hydrogen) atoms. The molecule has 2 aliphatic heterocycles. The number of nitrogens with zero attached hydrogens (tertiary/aromatic N) is 3. The maximum Gasteiger partial charge on any atom is 0.257 e. The first-order valence-electron chi connectivity index (χ1n) is 11.7. The van der Waals surface area contributed by atoms with Gasteiger partial charge in [-0.05, 0) is 25.0 Å². The van der Waals surface area contributed by atoms with Crippen molar-refractivity contribution in [2.75, 3.05) is 48.0 Å². The van der Waals surface area contributed by atoms with Gasteiger partial charge in [0.1, 0.15) is 17.9 Å². The normalized spacial score (nSPS) is 29.2. The van der Waals surface area contributed by atoms with Crippen molar-refractivity contribution in [3.8, 4) is 11.8 Å². The summed E-state index contributed by atoms with van der Waals surface area (Å²) in [5.74, 6) is -0.601. The van der Waals surface area contributed by atoms with Crippen LogP contribution in [0.15, 0.2) is 18.2 Å². The number of benzene rings is 1. The molecule has 0 aromatic heterocycles. The van der Waals surface area contributed by atoms with Crippen LogP contribution in [0.5, 0.6) is 5.75 Å². The fourth-order valence-corrected chi connectivity index (χ4v) is 4.68. The Bertz CT molecular complexity index is 916. The smallest absolute Gasteiger partial charge is 0.257 e. The third-order valence-corrected chi connectivity index (χ3v) is 6.79. The third-order valence-electron chi connectivity index (χ3n) is 6.79. The van der Waals surface area contributed by atoms with Crippen LogP contribution in [0.1, 0.15) is 42.1 Å². The number of rotatable bonds is 2. The second kappa shape index (κ2) is 11.6. The third kappa shape index (κ3) is 5.69. The molecule has 1 fully saturated rings. The van der Waals surface area contributed by atoms with Crippen molar-refractivity contribution in [2.24, 2.45) is 5.92 Å². The Hall–Kier alpha value is -2.67. The van der Waals surface area contributed by atoms with Crippen LogP contribution in [-0.4, -0.2) is 94.0 Å². The Labute approximate surface area is 201 Å². The van der Waals surface area contributed by atoms with Crippen molar-refractivity contribution in [3.63, 3.8) is 0 Å². The number of fused-ring (bicyclic) bond motifs is 3. The molecule has 5 atom stereocenters. The van der Waals surface area contributed by atoms with Gasteiger partial charge in [-0.1, -0.05) is 13.0 Å². The first-order chi connectivity index (χ1) is 16.3. The van der Waals surface area contributed by atoms with E-state index in [0.29, 0.717) is 30.7 Å². The summed E-state index contributed by atoms with van der Waals surface area (Å²) in [5, 5.41) is 9.60. The number of para-hydroxylation sites is 1. The molecule has 2 heterocycles. The number of likely N-dealkylation sites (N-methyl/N-ethyl adjacent to an activating group) is 2. The number of carbonyl (C=O) groups is 2. The predicted octanol–water partition coefficient (Wildman–Crippen LogP) is 2.08. The van der Waals surface area contributed by atoms with Gasteiger partial charge in [-0.25, -0.2) is 0 Å². The zero-order valence-corrected chi connectivity index (χ0v) is 20.7. The molecule has 1 aromatic rings. The van der Waals surface area contributed by atoms with Crippen LogP contribution in [0.2, 0.25) is 0 Å². The molecule has 0 N–H and O–H groups in total. The summed E-state index contributed by atoms with van der Waals surface area (Å²) >= 11 is 0. The summed E-state index contributed by atoms with van der Waals surface area (Å²) in [6.07, 6.45) is 1.25. The number of hydrogen-bond donors (Lipinski definition) is 0. The van der Waals surface area contributed by atoms with E-state index >= 15 is 0 Å². The average molecular weight is 474 g/mol. The molecular weight excluding hydrogens is 438 g/mol. The molecule has 3 rings (SSSR count). The summed E-state index contributed by atoms with van der Waals surface area (Å²) in [7, 11) is 6.61. The quantitative estimate of drug-likeness (QED) is 0.648. The molecule has 0 unspecified atom stereocenters. The van der Waals surface area contributed by atoms with Gasteiger partial charge in [0, 0.05) is 47.8 Å². The van der Waals surface area contributed by atoms with E-state index in [0.717, 1.165) is 12.8 Å². The Morgan fingerprint density at radius 2 is 1.76 bits per heavy atom. The number of nitriles is 1. The van der Waals surface area contributed by atoms with Crippen molar-refractivity contribution in [2.45, 2.75) is 50.6 Å². The van der Waals surface area contributed by atoms with E-state index in [9.17, 15) is 14.9 Å².